The molecule has 0 aromatic rings. The summed E-state index contributed by atoms with van der Waals surface area (Å²) in [5, 5.41) is 27.6. The van der Waals surface area contributed by atoms with Crippen LogP contribution in [0.1, 0.15) is 80.6 Å². The number of allylic oxidation sites excluding steroid dienone is 5. The summed E-state index contributed by atoms with van der Waals surface area (Å²) in [4.78, 5) is 19.4. The van der Waals surface area contributed by atoms with Gasteiger partial charge in [0.2, 0.25) is 0 Å². The van der Waals surface area contributed by atoms with Crippen LogP contribution in [-0.2, 0) is 28.6 Å². The molecule has 0 radical (unpaired) electrons. The molecule has 9 nitrogen and oxygen atoms in total. The van der Waals surface area contributed by atoms with E-state index < -0.39 is 41.6 Å². The van der Waals surface area contributed by atoms with Crippen molar-refractivity contribution in [3.8, 4) is 0 Å². The van der Waals surface area contributed by atoms with Crippen molar-refractivity contribution in [3.05, 3.63) is 58.7 Å². The number of esters is 1. The molecule has 3 saturated heterocycles. The van der Waals surface area contributed by atoms with Gasteiger partial charge in [-0.1, -0.05) is 74.9 Å². The molecule has 1 spiro atoms. The van der Waals surface area contributed by atoms with Crippen LogP contribution in [0, 0.1) is 23.7 Å². The molecule has 4 aliphatic heterocycles. The number of oxime groups is 1. The zero-order chi connectivity index (χ0) is 33.4. The number of nitrogens with zero attached hydrogens (tertiary/aromatic N) is 1. The SMILES string of the molecule is CO/N=C1/C[C@]2(C[C@@H]3C[C@@H](C/C=C(\C)C[C@@H](C)/C=C/C=C4\CO[C@@H]5[C@H](O)C(C)=C[C@@H](C(=O)O3)[C@]45O)O2)O[C@@H](/C(C)=C/C(C)C)[C@H]1C. The van der Waals surface area contributed by atoms with Gasteiger partial charge in [-0.25, -0.2) is 0 Å². The summed E-state index contributed by atoms with van der Waals surface area (Å²) in [6.45, 7) is 14.6. The van der Waals surface area contributed by atoms with Crippen molar-refractivity contribution in [2.75, 3.05) is 13.7 Å². The molecule has 2 N–H and O–H groups in total. The van der Waals surface area contributed by atoms with Gasteiger partial charge in [0.05, 0.1) is 24.5 Å². The van der Waals surface area contributed by atoms with Crippen molar-refractivity contribution < 1.29 is 38.8 Å². The summed E-state index contributed by atoms with van der Waals surface area (Å²) < 4.78 is 26.0. The Hall–Kier alpha value is -2.56. The highest BCUT2D eigenvalue weighted by atomic mass is 16.7. The third kappa shape index (κ3) is 6.99. The molecule has 254 valence electrons. The third-order valence-corrected chi connectivity index (χ3v) is 10.1. The summed E-state index contributed by atoms with van der Waals surface area (Å²) >= 11 is 0. The van der Waals surface area contributed by atoms with Gasteiger partial charge in [0.1, 0.15) is 36.9 Å². The summed E-state index contributed by atoms with van der Waals surface area (Å²) in [5.74, 6) is -2.15. The first-order chi connectivity index (χ1) is 21.8. The van der Waals surface area contributed by atoms with Gasteiger partial charge >= 0.3 is 5.97 Å². The van der Waals surface area contributed by atoms with Crippen LogP contribution in [0.3, 0.4) is 0 Å². The van der Waals surface area contributed by atoms with Gasteiger partial charge in [0, 0.05) is 25.2 Å². The molecular weight excluding hydrogens is 586 g/mol. The lowest BCUT2D eigenvalue weighted by atomic mass is 9.71. The quantitative estimate of drug-likeness (QED) is 0.229. The molecule has 10 atom stereocenters. The molecule has 46 heavy (non-hydrogen) atoms. The van der Waals surface area contributed by atoms with E-state index in [0.717, 1.165) is 17.7 Å². The number of aliphatic hydroxyl groups is 2. The second-order valence-corrected chi connectivity index (χ2v) is 14.5. The highest BCUT2D eigenvalue weighted by molar-refractivity contribution is 5.88. The van der Waals surface area contributed by atoms with E-state index in [2.05, 4.69) is 64.9 Å². The second-order valence-electron chi connectivity index (χ2n) is 14.5. The molecular formula is C37H53NO8. The standard InChI is InChI=1S/C37H53NO8/c1-21(2)14-25(6)33-26(7)31(38-42-8)19-36(46-33)18-29-17-28(45-36)13-12-23(4)15-22(3)10-9-11-27-20-43-34-32(39)24(5)16-30(35(40)44-29)37(27,34)41/h9-12,14,16,21-22,26,28-30,32-34,39,41H,13,15,17-20H2,1-8H3/b10-9+,23-12+,25-14+,27-11+,38-31-/t22-,26-,28+,29-,30-,32+,33-,34+,36-,37+/m0/s1. The van der Waals surface area contributed by atoms with Gasteiger partial charge in [-0.3, -0.25) is 4.79 Å². The van der Waals surface area contributed by atoms with Gasteiger partial charge in [0.15, 0.2) is 5.79 Å². The molecule has 2 bridgehead atoms. The van der Waals surface area contributed by atoms with Crippen LogP contribution in [0.5, 0.6) is 0 Å². The van der Waals surface area contributed by atoms with Crippen LogP contribution in [-0.4, -0.2) is 77.5 Å². The Labute approximate surface area is 274 Å². The molecule has 9 heteroatoms. The molecule has 0 aromatic heterocycles. The van der Waals surface area contributed by atoms with E-state index in [1.807, 2.05) is 12.2 Å². The Morgan fingerprint density at radius 3 is 2.67 bits per heavy atom. The minimum atomic E-state index is -1.74. The molecule has 3 fully saturated rings. The second kappa shape index (κ2) is 13.9. The molecule has 5 aliphatic rings. The minimum Gasteiger partial charge on any atom is -0.462 e. The number of hydrogen-bond donors (Lipinski definition) is 2. The van der Waals surface area contributed by atoms with Gasteiger partial charge in [-0.2, -0.15) is 0 Å². The lowest BCUT2D eigenvalue weighted by Crippen LogP contribution is -2.59. The number of carbonyl (C=O) groups is 1. The Kier molecular flexibility index (Phi) is 10.5. The van der Waals surface area contributed by atoms with Crippen molar-refractivity contribution >= 4 is 11.7 Å². The summed E-state index contributed by atoms with van der Waals surface area (Å²) in [7, 11) is 1.55. The lowest BCUT2D eigenvalue weighted by molar-refractivity contribution is -0.313. The normalized spacial score (nSPS) is 44.5. The molecule has 1 aliphatic carbocycles. The summed E-state index contributed by atoms with van der Waals surface area (Å²) in [5.41, 5.74) is 2.54. The van der Waals surface area contributed by atoms with E-state index in [0.29, 0.717) is 42.7 Å². The molecule has 0 unspecified atom stereocenters. The number of fused-ring (bicyclic) bond motifs is 2. The number of rotatable bonds is 3. The molecule has 4 heterocycles. The van der Waals surface area contributed by atoms with Crippen LogP contribution in [0.25, 0.3) is 0 Å². The lowest BCUT2D eigenvalue weighted by Gasteiger charge is -2.50. The van der Waals surface area contributed by atoms with Crippen molar-refractivity contribution in [2.24, 2.45) is 28.8 Å². The maximum Gasteiger partial charge on any atom is 0.316 e. The highest BCUT2D eigenvalue weighted by Crippen LogP contribution is 2.47. The van der Waals surface area contributed by atoms with Crippen LogP contribution in [0.4, 0.5) is 0 Å². The fourth-order valence-electron chi connectivity index (χ4n) is 7.94. The average molecular weight is 640 g/mol. The van der Waals surface area contributed by atoms with Gasteiger partial charge in [-0.15, -0.1) is 0 Å². The van der Waals surface area contributed by atoms with E-state index in [9.17, 15) is 15.0 Å². The zero-order valence-electron chi connectivity index (χ0n) is 28.7. The summed E-state index contributed by atoms with van der Waals surface area (Å²) in [6, 6.07) is 0. The smallest absolute Gasteiger partial charge is 0.316 e. The molecule has 5 rings (SSSR count). The maximum atomic E-state index is 14.2. The van der Waals surface area contributed by atoms with E-state index in [1.54, 1.807) is 20.1 Å². The fourth-order valence-corrected chi connectivity index (χ4v) is 7.94. The third-order valence-electron chi connectivity index (χ3n) is 10.1. The predicted octanol–water partition coefficient (Wildman–Crippen LogP) is 5.73. The number of carbonyl (C=O) groups excluding carboxylic acids is 1. The van der Waals surface area contributed by atoms with Gasteiger partial charge < -0.3 is 34.0 Å². The van der Waals surface area contributed by atoms with Crippen molar-refractivity contribution in [1.82, 2.24) is 0 Å². The van der Waals surface area contributed by atoms with Crippen LogP contribution >= 0.6 is 0 Å². The van der Waals surface area contributed by atoms with Crippen LogP contribution in [0.2, 0.25) is 0 Å². The Morgan fingerprint density at radius 2 is 1.96 bits per heavy atom. The van der Waals surface area contributed by atoms with E-state index in [1.165, 1.54) is 5.57 Å². The van der Waals surface area contributed by atoms with Crippen LogP contribution in [0.15, 0.2) is 63.9 Å². The van der Waals surface area contributed by atoms with E-state index in [-0.39, 0.29) is 30.7 Å². The number of hydrogen-bond acceptors (Lipinski definition) is 9. The number of aliphatic hydroxyl groups excluding tert-OH is 1. The van der Waals surface area contributed by atoms with Gasteiger partial charge in [0.25, 0.3) is 0 Å². The molecule has 0 aromatic carbocycles. The first kappa shape index (κ1) is 34.8. The Bertz CT molecular complexity index is 1340. The fraction of sp³-hybridized carbons (Fsp3) is 0.676. The first-order valence-electron chi connectivity index (χ1n) is 16.8. The van der Waals surface area contributed by atoms with E-state index >= 15 is 0 Å². The van der Waals surface area contributed by atoms with Crippen molar-refractivity contribution in [1.29, 1.82) is 0 Å². The topological polar surface area (TPSA) is 116 Å². The predicted molar refractivity (Wildman–Crippen MR) is 176 cm³/mol. The van der Waals surface area contributed by atoms with Crippen molar-refractivity contribution in [2.45, 2.75) is 122 Å². The minimum absolute atomic E-state index is 0.0340. The van der Waals surface area contributed by atoms with Crippen LogP contribution < -0.4 is 0 Å². The average Bonchev–Trinajstić information content (AvgIpc) is 3.31. The monoisotopic (exact) mass is 639 g/mol. The summed E-state index contributed by atoms with van der Waals surface area (Å²) in [6.07, 6.45) is 11.4. The Balaban J connectivity index is 1.55. The first-order valence-corrected chi connectivity index (χ1v) is 16.8. The largest absolute Gasteiger partial charge is 0.462 e. The number of ether oxygens (including phenoxy) is 4. The van der Waals surface area contributed by atoms with Gasteiger partial charge in [-0.05, 0) is 62.2 Å². The Morgan fingerprint density at radius 1 is 1.20 bits per heavy atom. The maximum absolute atomic E-state index is 14.2. The van der Waals surface area contributed by atoms with E-state index in [4.69, 9.17) is 23.8 Å². The van der Waals surface area contributed by atoms with Crippen molar-refractivity contribution in [3.63, 3.8) is 0 Å². The zero-order valence-corrected chi connectivity index (χ0v) is 28.7. The highest BCUT2D eigenvalue weighted by Gasteiger charge is 2.60. The molecule has 0 amide bonds. The molecule has 0 saturated carbocycles.